The predicted molar refractivity (Wildman–Crippen MR) is 108 cm³/mol. The summed E-state index contributed by atoms with van der Waals surface area (Å²) in [4.78, 5) is 17.2. The molecule has 0 radical (unpaired) electrons. The van der Waals surface area contributed by atoms with E-state index in [1.807, 2.05) is 19.1 Å². The van der Waals surface area contributed by atoms with Crippen molar-refractivity contribution in [2.45, 2.75) is 18.4 Å². The summed E-state index contributed by atoms with van der Waals surface area (Å²) >= 11 is 0. The maximum atomic E-state index is 12.6. The molecule has 0 aliphatic carbocycles. The molecular formula is C20H20N4O3S. The van der Waals surface area contributed by atoms with Crippen molar-refractivity contribution in [2.24, 2.45) is 5.73 Å². The molecule has 0 aliphatic rings. The van der Waals surface area contributed by atoms with Crippen LogP contribution in [0.1, 0.15) is 11.1 Å². The predicted octanol–water partition coefficient (Wildman–Crippen LogP) is 3.28. The van der Waals surface area contributed by atoms with Crippen molar-refractivity contribution in [1.29, 1.82) is 0 Å². The highest BCUT2D eigenvalue weighted by Crippen LogP contribution is 2.22. The van der Waals surface area contributed by atoms with Gasteiger partial charge in [0.2, 0.25) is 0 Å². The largest absolute Gasteiger partial charge is 0.351 e. The number of benzene rings is 2. The quantitative estimate of drug-likeness (QED) is 0.667. The van der Waals surface area contributed by atoms with Crippen molar-refractivity contribution in [1.82, 2.24) is 4.98 Å². The van der Waals surface area contributed by atoms with E-state index >= 15 is 0 Å². The Labute approximate surface area is 163 Å². The Hall–Kier alpha value is -3.39. The summed E-state index contributed by atoms with van der Waals surface area (Å²) in [6, 6.07) is 15.9. The van der Waals surface area contributed by atoms with Gasteiger partial charge in [0, 0.05) is 23.8 Å². The lowest BCUT2D eigenvalue weighted by atomic mass is 10.2. The normalized spacial score (nSPS) is 11.0. The average molecular weight is 396 g/mol. The molecule has 0 spiro atoms. The fraction of sp³-hybridized carbons (Fsp3) is 0.100. The van der Waals surface area contributed by atoms with Crippen LogP contribution in [0.3, 0.4) is 0 Å². The number of aromatic nitrogens is 1. The number of urea groups is 1. The Morgan fingerprint density at radius 2 is 1.61 bits per heavy atom. The molecule has 0 unspecified atom stereocenters. The van der Waals surface area contributed by atoms with Gasteiger partial charge in [0.15, 0.2) is 0 Å². The number of pyridine rings is 1. The fourth-order valence-corrected chi connectivity index (χ4v) is 3.67. The summed E-state index contributed by atoms with van der Waals surface area (Å²) in [5.41, 5.74) is 8.36. The third kappa shape index (κ3) is 4.66. The number of carbonyl (C=O) groups excluding carboxylic acids is 1. The molecule has 0 aliphatic heterocycles. The van der Waals surface area contributed by atoms with Gasteiger partial charge in [-0.05, 0) is 61.0 Å². The minimum absolute atomic E-state index is 0.0881. The molecule has 1 heterocycles. The Morgan fingerprint density at radius 3 is 2.18 bits per heavy atom. The lowest BCUT2D eigenvalue weighted by molar-refractivity contribution is 0.253. The molecule has 7 nitrogen and oxygen atoms in total. The van der Waals surface area contributed by atoms with Crippen LogP contribution in [0.5, 0.6) is 0 Å². The Kier molecular flexibility index (Phi) is 5.60. The van der Waals surface area contributed by atoms with E-state index in [4.69, 9.17) is 5.73 Å². The number of nitrogens with zero attached hydrogens (tertiary/aromatic N) is 2. The maximum absolute atomic E-state index is 12.6. The number of hydrogen-bond acceptors (Lipinski definition) is 4. The van der Waals surface area contributed by atoms with Crippen molar-refractivity contribution < 1.29 is 13.2 Å². The van der Waals surface area contributed by atoms with E-state index in [2.05, 4.69) is 9.71 Å². The number of sulfonamides is 1. The van der Waals surface area contributed by atoms with Crippen LogP contribution in [0.2, 0.25) is 0 Å². The third-order valence-electron chi connectivity index (χ3n) is 4.12. The molecule has 0 bridgehead atoms. The molecule has 0 saturated heterocycles. The zero-order chi connectivity index (χ0) is 20.1. The van der Waals surface area contributed by atoms with Crippen molar-refractivity contribution in [2.75, 3.05) is 9.62 Å². The van der Waals surface area contributed by atoms with Crippen molar-refractivity contribution in [3.05, 3.63) is 84.2 Å². The first kappa shape index (κ1) is 19.4. The minimum Gasteiger partial charge on any atom is -0.351 e. The van der Waals surface area contributed by atoms with Gasteiger partial charge in [-0.3, -0.25) is 14.6 Å². The number of primary amides is 1. The second-order valence-electron chi connectivity index (χ2n) is 6.25. The highest BCUT2D eigenvalue weighted by Gasteiger charge is 2.17. The van der Waals surface area contributed by atoms with Crippen LogP contribution in [-0.4, -0.2) is 19.4 Å². The van der Waals surface area contributed by atoms with Crippen LogP contribution in [0.25, 0.3) is 0 Å². The fourth-order valence-electron chi connectivity index (χ4n) is 2.61. The van der Waals surface area contributed by atoms with Crippen LogP contribution >= 0.6 is 0 Å². The van der Waals surface area contributed by atoms with E-state index in [1.54, 1.807) is 48.8 Å². The van der Waals surface area contributed by atoms with Gasteiger partial charge in [0.25, 0.3) is 10.0 Å². The number of carbonyl (C=O) groups is 1. The van der Waals surface area contributed by atoms with Gasteiger partial charge in [0.05, 0.1) is 11.4 Å². The summed E-state index contributed by atoms with van der Waals surface area (Å²) in [7, 11) is -3.74. The van der Waals surface area contributed by atoms with Crippen molar-refractivity contribution >= 4 is 27.4 Å². The smallest absolute Gasteiger partial charge is 0.319 e. The van der Waals surface area contributed by atoms with E-state index in [1.165, 1.54) is 17.0 Å². The van der Waals surface area contributed by atoms with E-state index in [0.29, 0.717) is 11.4 Å². The van der Waals surface area contributed by atoms with E-state index < -0.39 is 16.1 Å². The van der Waals surface area contributed by atoms with Gasteiger partial charge in [-0.25, -0.2) is 13.2 Å². The molecule has 1 aromatic heterocycles. The van der Waals surface area contributed by atoms with Gasteiger partial charge in [0.1, 0.15) is 0 Å². The summed E-state index contributed by atoms with van der Waals surface area (Å²) in [5.74, 6) is 0. The Bertz CT molecular complexity index is 1050. The standard InChI is InChI=1S/C20H20N4O3S/c1-15-2-4-17(5-3-15)23-28(26,27)19-8-6-18(7-9-19)24(20(21)25)14-16-10-12-22-13-11-16/h2-13,23H,14H2,1H3,(H2,21,25). The molecule has 28 heavy (non-hydrogen) atoms. The first-order valence-corrected chi connectivity index (χ1v) is 9.99. The van der Waals surface area contributed by atoms with Gasteiger partial charge < -0.3 is 5.73 Å². The summed E-state index contributed by atoms with van der Waals surface area (Å²) in [6.45, 7) is 2.18. The molecular weight excluding hydrogens is 376 g/mol. The SMILES string of the molecule is Cc1ccc(NS(=O)(=O)c2ccc(N(Cc3ccncc3)C(N)=O)cc2)cc1. The third-order valence-corrected chi connectivity index (χ3v) is 5.52. The second kappa shape index (κ2) is 8.10. The Morgan fingerprint density at radius 1 is 1.00 bits per heavy atom. The molecule has 3 rings (SSSR count). The van der Waals surface area contributed by atoms with Gasteiger partial charge in [-0.1, -0.05) is 17.7 Å². The van der Waals surface area contributed by atoms with Crippen LogP contribution in [0.15, 0.2) is 78.0 Å². The van der Waals surface area contributed by atoms with Gasteiger partial charge in [-0.15, -0.1) is 0 Å². The minimum atomic E-state index is -3.74. The Balaban J connectivity index is 1.80. The molecule has 2 amide bonds. The van der Waals surface area contributed by atoms with E-state index in [0.717, 1.165) is 11.1 Å². The molecule has 0 saturated carbocycles. The van der Waals surface area contributed by atoms with Crippen LogP contribution in [0, 0.1) is 6.92 Å². The first-order valence-electron chi connectivity index (χ1n) is 8.50. The van der Waals surface area contributed by atoms with Gasteiger partial charge in [-0.2, -0.15) is 0 Å². The molecule has 3 aromatic rings. The molecule has 8 heteroatoms. The molecule has 0 fully saturated rings. The highest BCUT2D eigenvalue weighted by molar-refractivity contribution is 7.92. The number of hydrogen-bond donors (Lipinski definition) is 2. The zero-order valence-electron chi connectivity index (χ0n) is 15.2. The molecule has 144 valence electrons. The highest BCUT2D eigenvalue weighted by atomic mass is 32.2. The summed E-state index contributed by atoms with van der Waals surface area (Å²) in [5, 5.41) is 0. The average Bonchev–Trinajstić information content (AvgIpc) is 2.68. The zero-order valence-corrected chi connectivity index (χ0v) is 16.1. The molecule has 2 aromatic carbocycles. The first-order chi connectivity index (χ1) is 13.3. The molecule has 3 N–H and O–H groups in total. The lowest BCUT2D eigenvalue weighted by Crippen LogP contribution is -2.35. The molecule has 0 atom stereocenters. The lowest BCUT2D eigenvalue weighted by Gasteiger charge is -2.21. The van der Waals surface area contributed by atoms with Crippen molar-refractivity contribution in [3.8, 4) is 0 Å². The maximum Gasteiger partial charge on any atom is 0.319 e. The number of nitrogens with two attached hydrogens (primary N) is 1. The van der Waals surface area contributed by atoms with E-state index in [-0.39, 0.29) is 11.4 Å². The number of nitrogens with one attached hydrogen (secondary N) is 1. The monoisotopic (exact) mass is 396 g/mol. The van der Waals surface area contributed by atoms with Crippen LogP contribution in [0.4, 0.5) is 16.2 Å². The van der Waals surface area contributed by atoms with Gasteiger partial charge >= 0.3 is 6.03 Å². The topological polar surface area (TPSA) is 105 Å². The number of amides is 2. The summed E-state index contributed by atoms with van der Waals surface area (Å²) in [6.07, 6.45) is 3.25. The number of anilines is 2. The second-order valence-corrected chi connectivity index (χ2v) is 7.93. The van der Waals surface area contributed by atoms with E-state index in [9.17, 15) is 13.2 Å². The summed E-state index contributed by atoms with van der Waals surface area (Å²) < 4.78 is 27.7. The van der Waals surface area contributed by atoms with Crippen LogP contribution in [-0.2, 0) is 16.6 Å². The van der Waals surface area contributed by atoms with Crippen molar-refractivity contribution in [3.63, 3.8) is 0 Å². The number of aryl methyl sites for hydroxylation is 1. The number of rotatable bonds is 6. The van der Waals surface area contributed by atoms with Crippen LogP contribution < -0.4 is 15.4 Å².